The molecule has 2 rings (SSSR count). The largest absolute Gasteiger partial charge is 0.496 e. The van der Waals surface area contributed by atoms with Crippen LogP contribution in [-0.2, 0) is 11.2 Å². The van der Waals surface area contributed by atoms with Gasteiger partial charge >= 0.3 is 0 Å². The predicted octanol–water partition coefficient (Wildman–Crippen LogP) is 1.64. The number of ketones is 1. The molecular weight excluding hydrogens is 192 g/mol. The maximum absolute atomic E-state index is 11.8. The van der Waals surface area contributed by atoms with E-state index in [0.29, 0.717) is 18.4 Å². The van der Waals surface area contributed by atoms with Crippen LogP contribution in [0.4, 0.5) is 0 Å². The van der Waals surface area contributed by atoms with Gasteiger partial charge in [0.1, 0.15) is 12.0 Å². The Balaban J connectivity index is 2.39. The van der Waals surface area contributed by atoms with Crippen molar-refractivity contribution in [3.05, 3.63) is 29.3 Å². The highest BCUT2D eigenvalue weighted by atomic mass is 16.5. The van der Waals surface area contributed by atoms with Gasteiger partial charge in [0.25, 0.3) is 0 Å². The number of carbonyl (C=O) groups excluding carboxylic acids is 2. The van der Waals surface area contributed by atoms with Gasteiger partial charge in [-0.25, -0.2) is 0 Å². The second-order valence-corrected chi connectivity index (χ2v) is 3.65. The standard InChI is InChI=1S/C12H12O3/c1-15-11-4-2-3-9-10(11)7-8(5-6-13)12(9)14/h2-4,6,8H,5,7H2,1H3/t8-/m1/s1. The number of aldehydes is 1. The minimum atomic E-state index is -0.186. The fourth-order valence-electron chi connectivity index (χ4n) is 2.06. The van der Waals surface area contributed by atoms with Crippen molar-refractivity contribution in [1.82, 2.24) is 0 Å². The van der Waals surface area contributed by atoms with Crippen LogP contribution in [0.3, 0.4) is 0 Å². The minimum Gasteiger partial charge on any atom is -0.496 e. The van der Waals surface area contributed by atoms with E-state index in [2.05, 4.69) is 0 Å². The molecule has 1 aromatic rings. The van der Waals surface area contributed by atoms with E-state index in [9.17, 15) is 9.59 Å². The lowest BCUT2D eigenvalue weighted by Gasteiger charge is -2.04. The fraction of sp³-hybridized carbons (Fsp3) is 0.333. The number of rotatable bonds is 3. The first-order chi connectivity index (χ1) is 7.27. The number of ether oxygens (including phenoxy) is 1. The van der Waals surface area contributed by atoms with Crippen molar-refractivity contribution in [2.45, 2.75) is 12.8 Å². The molecule has 3 heteroatoms. The Morgan fingerprint density at radius 1 is 1.53 bits per heavy atom. The molecule has 0 aliphatic heterocycles. The molecule has 78 valence electrons. The van der Waals surface area contributed by atoms with Gasteiger partial charge in [0.15, 0.2) is 5.78 Å². The molecule has 1 aromatic carbocycles. The van der Waals surface area contributed by atoms with Gasteiger partial charge in [-0.15, -0.1) is 0 Å². The van der Waals surface area contributed by atoms with Gasteiger partial charge in [-0.1, -0.05) is 12.1 Å². The highest BCUT2D eigenvalue weighted by Gasteiger charge is 2.31. The fourth-order valence-corrected chi connectivity index (χ4v) is 2.06. The van der Waals surface area contributed by atoms with Gasteiger partial charge in [0.2, 0.25) is 0 Å². The van der Waals surface area contributed by atoms with Crippen molar-refractivity contribution in [3.63, 3.8) is 0 Å². The van der Waals surface area contributed by atoms with E-state index in [1.54, 1.807) is 19.2 Å². The summed E-state index contributed by atoms with van der Waals surface area (Å²) in [6.07, 6.45) is 1.73. The smallest absolute Gasteiger partial charge is 0.167 e. The monoisotopic (exact) mass is 204 g/mol. The Kier molecular flexibility index (Phi) is 2.54. The van der Waals surface area contributed by atoms with E-state index in [4.69, 9.17) is 4.74 Å². The predicted molar refractivity (Wildman–Crippen MR) is 55.2 cm³/mol. The minimum absolute atomic E-state index is 0.0657. The third-order valence-corrected chi connectivity index (χ3v) is 2.82. The Bertz CT molecular complexity index is 409. The first kappa shape index (κ1) is 9.90. The average molecular weight is 204 g/mol. The Morgan fingerprint density at radius 3 is 3.00 bits per heavy atom. The SMILES string of the molecule is COc1cccc2c1C[C@@H](CC=O)C2=O. The lowest BCUT2D eigenvalue weighted by atomic mass is 10.0. The maximum atomic E-state index is 11.8. The van der Waals surface area contributed by atoms with Crippen LogP contribution in [-0.4, -0.2) is 19.2 Å². The molecule has 0 amide bonds. The molecule has 0 heterocycles. The Morgan fingerprint density at radius 2 is 2.33 bits per heavy atom. The molecule has 0 aromatic heterocycles. The topological polar surface area (TPSA) is 43.4 Å². The number of carbonyl (C=O) groups is 2. The van der Waals surface area contributed by atoms with Gasteiger partial charge in [0.05, 0.1) is 7.11 Å². The van der Waals surface area contributed by atoms with Crippen LogP contribution in [0.25, 0.3) is 0 Å². The highest BCUT2D eigenvalue weighted by Crippen LogP contribution is 2.34. The molecule has 0 fully saturated rings. The number of fused-ring (bicyclic) bond motifs is 1. The van der Waals surface area contributed by atoms with E-state index in [1.165, 1.54) is 0 Å². The van der Waals surface area contributed by atoms with E-state index in [-0.39, 0.29) is 11.7 Å². The van der Waals surface area contributed by atoms with E-state index >= 15 is 0 Å². The highest BCUT2D eigenvalue weighted by molar-refractivity contribution is 6.03. The van der Waals surface area contributed by atoms with Crippen LogP contribution in [0.2, 0.25) is 0 Å². The maximum Gasteiger partial charge on any atom is 0.167 e. The Hall–Kier alpha value is -1.64. The van der Waals surface area contributed by atoms with Crippen molar-refractivity contribution >= 4 is 12.1 Å². The molecule has 15 heavy (non-hydrogen) atoms. The van der Waals surface area contributed by atoms with Gasteiger partial charge in [-0.2, -0.15) is 0 Å². The van der Waals surface area contributed by atoms with Crippen molar-refractivity contribution < 1.29 is 14.3 Å². The van der Waals surface area contributed by atoms with Gasteiger partial charge < -0.3 is 9.53 Å². The molecule has 3 nitrogen and oxygen atoms in total. The number of hydrogen-bond acceptors (Lipinski definition) is 3. The van der Waals surface area contributed by atoms with Crippen LogP contribution in [0.5, 0.6) is 5.75 Å². The second-order valence-electron chi connectivity index (χ2n) is 3.65. The first-order valence-electron chi connectivity index (χ1n) is 4.91. The van der Waals surface area contributed by atoms with Crippen LogP contribution >= 0.6 is 0 Å². The lowest BCUT2D eigenvalue weighted by molar-refractivity contribution is -0.108. The summed E-state index contributed by atoms with van der Waals surface area (Å²) in [6.45, 7) is 0. The molecule has 1 atom stereocenters. The summed E-state index contributed by atoms with van der Waals surface area (Å²) in [6, 6.07) is 5.44. The summed E-state index contributed by atoms with van der Waals surface area (Å²) in [5.41, 5.74) is 1.65. The van der Waals surface area contributed by atoms with E-state index < -0.39 is 0 Å². The summed E-state index contributed by atoms with van der Waals surface area (Å²) in [5.74, 6) is 0.624. The molecule has 0 radical (unpaired) electrons. The lowest BCUT2D eigenvalue weighted by Crippen LogP contribution is -2.08. The number of methoxy groups -OCH3 is 1. The zero-order valence-corrected chi connectivity index (χ0v) is 8.53. The van der Waals surface area contributed by atoms with Crippen molar-refractivity contribution in [3.8, 4) is 5.75 Å². The van der Waals surface area contributed by atoms with Gasteiger partial charge in [0, 0.05) is 23.5 Å². The molecular formula is C12H12O3. The van der Waals surface area contributed by atoms with Gasteiger partial charge in [-0.05, 0) is 12.5 Å². The van der Waals surface area contributed by atoms with Crippen LogP contribution < -0.4 is 4.74 Å². The molecule has 1 aliphatic carbocycles. The molecule has 0 saturated heterocycles. The molecule has 0 spiro atoms. The average Bonchev–Trinajstić information content (AvgIpc) is 2.57. The van der Waals surface area contributed by atoms with E-state index in [0.717, 1.165) is 17.6 Å². The van der Waals surface area contributed by atoms with Crippen LogP contribution in [0.15, 0.2) is 18.2 Å². The van der Waals surface area contributed by atoms with Crippen LogP contribution in [0, 0.1) is 5.92 Å². The number of benzene rings is 1. The second kappa shape index (κ2) is 3.85. The van der Waals surface area contributed by atoms with Gasteiger partial charge in [-0.3, -0.25) is 4.79 Å². The number of Topliss-reactive ketones (excluding diaryl/α,β-unsaturated/α-hetero) is 1. The third kappa shape index (κ3) is 1.54. The normalized spacial score (nSPS) is 18.7. The van der Waals surface area contributed by atoms with Crippen molar-refractivity contribution in [2.24, 2.45) is 5.92 Å². The number of hydrogen-bond donors (Lipinski definition) is 0. The van der Waals surface area contributed by atoms with Crippen molar-refractivity contribution in [1.29, 1.82) is 0 Å². The third-order valence-electron chi connectivity index (χ3n) is 2.82. The summed E-state index contributed by atoms with van der Waals surface area (Å²) < 4.78 is 5.19. The molecule has 0 saturated carbocycles. The summed E-state index contributed by atoms with van der Waals surface area (Å²) in [5, 5.41) is 0. The first-order valence-corrected chi connectivity index (χ1v) is 4.91. The summed E-state index contributed by atoms with van der Waals surface area (Å²) in [4.78, 5) is 22.3. The van der Waals surface area contributed by atoms with E-state index in [1.807, 2.05) is 6.07 Å². The summed E-state index contributed by atoms with van der Waals surface area (Å²) in [7, 11) is 1.59. The zero-order valence-electron chi connectivity index (χ0n) is 8.53. The summed E-state index contributed by atoms with van der Waals surface area (Å²) >= 11 is 0. The van der Waals surface area contributed by atoms with Crippen molar-refractivity contribution in [2.75, 3.05) is 7.11 Å². The van der Waals surface area contributed by atoms with Crippen LogP contribution in [0.1, 0.15) is 22.3 Å². The molecule has 1 aliphatic rings. The molecule has 0 bridgehead atoms. The molecule has 0 N–H and O–H groups in total. The zero-order chi connectivity index (χ0) is 10.8. The quantitative estimate of drug-likeness (QED) is 0.703. The molecule has 0 unspecified atom stereocenters. The Labute approximate surface area is 88.1 Å².